The minimum Gasteiger partial charge on any atom is -0.497 e. The van der Waals surface area contributed by atoms with E-state index in [1.807, 2.05) is 36.4 Å². The highest BCUT2D eigenvalue weighted by Gasteiger charge is 2.11. The van der Waals surface area contributed by atoms with Crippen LogP contribution in [0.1, 0.15) is 5.56 Å². The molecule has 0 atom stereocenters. The van der Waals surface area contributed by atoms with Crippen LogP contribution < -0.4 is 10.1 Å². The van der Waals surface area contributed by atoms with E-state index >= 15 is 0 Å². The van der Waals surface area contributed by atoms with E-state index in [0.717, 1.165) is 14.2 Å². The van der Waals surface area contributed by atoms with Crippen molar-refractivity contribution in [3.63, 3.8) is 0 Å². The Kier molecular flexibility index (Phi) is 7.87. The highest BCUT2D eigenvalue weighted by molar-refractivity contribution is 8.03. The Bertz CT molecular complexity index is 949. The number of carbonyl (C=O) groups is 1. The van der Waals surface area contributed by atoms with Gasteiger partial charge in [-0.3, -0.25) is 4.79 Å². The number of carbonyl (C=O) groups excluding carboxylic acids is 1. The smallest absolute Gasteiger partial charge is 0.234 e. The van der Waals surface area contributed by atoms with Crippen LogP contribution in [0.2, 0.25) is 10.0 Å². The van der Waals surface area contributed by atoms with Crippen molar-refractivity contribution in [3.05, 3.63) is 58.1 Å². The van der Waals surface area contributed by atoms with Gasteiger partial charge in [-0.2, -0.15) is 0 Å². The summed E-state index contributed by atoms with van der Waals surface area (Å²) in [6, 6.07) is 12.7. The maximum atomic E-state index is 12.1. The molecule has 146 valence electrons. The molecule has 0 aliphatic carbocycles. The zero-order chi connectivity index (χ0) is 19.9. The fourth-order valence-electron chi connectivity index (χ4n) is 2.14. The largest absolute Gasteiger partial charge is 0.497 e. The molecular formula is C18H15Cl2N3O2S3. The van der Waals surface area contributed by atoms with Crippen molar-refractivity contribution >= 4 is 69.7 Å². The highest BCUT2D eigenvalue weighted by Crippen LogP contribution is 2.34. The van der Waals surface area contributed by atoms with Gasteiger partial charge in [0, 0.05) is 27.6 Å². The summed E-state index contributed by atoms with van der Waals surface area (Å²) in [5.41, 5.74) is 1.56. The molecule has 10 heteroatoms. The van der Waals surface area contributed by atoms with E-state index < -0.39 is 0 Å². The summed E-state index contributed by atoms with van der Waals surface area (Å²) in [5.74, 6) is 1.42. The number of ether oxygens (including phenoxy) is 1. The molecule has 1 aromatic heterocycles. The first-order valence-corrected chi connectivity index (χ1v) is 11.6. The first-order valence-electron chi connectivity index (χ1n) is 8.01. The van der Waals surface area contributed by atoms with Crippen molar-refractivity contribution < 1.29 is 9.53 Å². The Morgan fingerprint density at radius 3 is 2.50 bits per heavy atom. The number of nitrogens with zero attached hydrogens (tertiary/aromatic N) is 2. The second-order valence-corrected chi connectivity index (χ2v) is 9.63. The molecule has 5 nitrogen and oxygen atoms in total. The molecule has 2 aromatic carbocycles. The molecule has 0 bridgehead atoms. The second-order valence-electron chi connectivity index (χ2n) is 5.39. The number of halogens is 2. The van der Waals surface area contributed by atoms with Crippen molar-refractivity contribution in [2.45, 2.75) is 14.4 Å². The zero-order valence-electron chi connectivity index (χ0n) is 14.6. The fraction of sp³-hybridized carbons (Fsp3) is 0.167. The molecule has 28 heavy (non-hydrogen) atoms. The number of benzene rings is 2. The third-order valence-corrected chi connectivity index (χ3v) is 7.39. The molecule has 0 saturated heterocycles. The Hall–Kier alpha value is -1.45. The number of hydrogen-bond donors (Lipinski definition) is 1. The van der Waals surface area contributed by atoms with Crippen LogP contribution in [0, 0.1) is 0 Å². The number of rotatable bonds is 8. The van der Waals surface area contributed by atoms with Gasteiger partial charge in [0.25, 0.3) is 0 Å². The molecular weight excluding hydrogens is 457 g/mol. The van der Waals surface area contributed by atoms with Gasteiger partial charge in [0.2, 0.25) is 5.91 Å². The summed E-state index contributed by atoms with van der Waals surface area (Å²) in [6.45, 7) is 0. The molecule has 1 N–H and O–H groups in total. The minimum atomic E-state index is -0.120. The van der Waals surface area contributed by atoms with Gasteiger partial charge >= 0.3 is 0 Å². The molecule has 0 aliphatic heterocycles. The van der Waals surface area contributed by atoms with Crippen molar-refractivity contribution in [3.8, 4) is 5.75 Å². The van der Waals surface area contributed by atoms with Crippen LogP contribution in [-0.4, -0.2) is 29.0 Å². The summed E-state index contributed by atoms with van der Waals surface area (Å²) in [4.78, 5) is 12.1. The average molecular weight is 472 g/mol. The molecule has 0 fully saturated rings. The van der Waals surface area contributed by atoms with Crippen molar-refractivity contribution in [1.82, 2.24) is 10.2 Å². The number of amides is 1. The predicted octanol–water partition coefficient (Wildman–Crippen LogP) is 5.88. The van der Waals surface area contributed by atoms with E-state index in [0.29, 0.717) is 27.2 Å². The Balaban J connectivity index is 1.49. The van der Waals surface area contributed by atoms with E-state index in [1.54, 1.807) is 13.2 Å². The van der Waals surface area contributed by atoms with Crippen molar-refractivity contribution in [2.75, 3.05) is 18.2 Å². The van der Waals surface area contributed by atoms with Crippen LogP contribution in [0.15, 0.2) is 51.1 Å². The first-order chi connectivity index (χ1) is 13.5. The van der Waals surface area contributed by atoms with Gasteiger partial charge in [-0.15, -0.1) is 10.2 Å². The Morgan fingerprint density at radius 1 is 1.11 bits per heavy atom. The van der Waals surface area contributed by atoms with Gasteiger partial charge in [-0.25, -0.2) is 0 Å². The summed E-state index contributed by atoms with van der Waals surface area (Å²) >= 11 is 16.7. The average Bonchev–Trinajstić information content (AvgIpc) is 3.14. The lowest BCUT2D eigenvalue weighted by Gasteiger charge is -2.06. The van der Waals surface area contributed by atoms with Gasteiger partial charge in [-0.1, -0.05) is 70.2 Å². The van der Waals surface area contributed by atoms with Gasteiger partial charge in [0.1, 0.15) is 5.75 Å². The summed E-state index contributed by atoms with van der Waals surface area (Å²) in [5, 5.41) is 12.4. The van der Waals surface area contributed by atoms with E-state index in [9.17, 15) is 4.79 Å². The lowest BCUT2D eigenvalue weighted by Crippen LogP contribution is -2.13. The molecule has 1 heterocycles. The maximum absolute atomic E-state index is 12.1. The first kappa shape index (κ1) is 21.3. The van der Waals surface area contributed by atoms with Crippen molar-refractivity contribution in [2.24, 2.45) is 0 Å². The molecule has 0 saturated carbocycles. The van der Waals surface area contributed by atoms with Crippen LogP contribution in [0.5, 0.6) is 5.75 Å². The third-order valence-electron chi connectivity index (χ3n) is 3.47. The van der Waals surface area contributed by atoms with Gasteiger partial charge in [0.15, 0.2) is 8.68 Å². The monoisotopic (exact) mass is 471 g/mol. The number of thioether (sulfide) groups is 2. The lowest BCUT2D eigenvalue weighted by atomic mass is 10.2. The quantitative estimate of drug-likeness (QED) is 0.414. The number of nitrogens with one attached hydrogen (secondary N) is 1. The maximum Gasteiger partial charge on any atom is 0.234 e. The summed E-state index contributed by atoms with van der Waals surface area (Å²) in [7, 11) is 1.58. The SMILES string of the molecule is COc1cccc(NC(=O)CSc2nnc(SCc3c(Cl)cccc3Cl)s2)c1. The van der Waals surface area contributed by atoms with Crippen molar-refractivity contribution in [1.29, 1.82) is 0 Å². The van der Waals surface area contributed by atoms with Gasteiger partial charge < -0.3 is 10.1 Å². The van der Waals surface area contributed by atoms with Crippen LogP contribution in [0.25, 0.3) is 0 Å². The number of methoxy groups -OCH3 is 1. The lowest BCUT2D eigenvalue weighted by molar-refractivity contribution is -0.113. The Labute approximate surface area is 185 Å². The van der Waals surface area contributed by atoms with E-state index in [1.165, 1.54) is 34.9 Å². The molecule has 3 aromatic rings. The normalized spacial score (nSPS) is 10.7. The fourth-order valence-corrected chi connectivity index (χ4v) is 5.70. The van der Waals surface area contributed by atoms with Crippen LogP contribution in [-0.2, 0) is 10.5 Å². The van der Waals surface area contributed by atoms with Gasteiger partial charge in [0.05, 0.1) is 12.9 Å². The molecule has 3 rings (SSSR count). The van der Waals surface area contributed by atoms with Gasteiger partial charge in [-0.05, 0) is 29.8 Å². The predicted molar refractivity (Wildman–Crippen MR) is 118 cm³/mol. The molecule has 0 unspecified atom stereocenters. The highest BCUT2D eigenvalue weighted by atomic mass is 35.5. The second kappa shape index (κ2) is 10.4. The third kappa shape index (κ3) is 6.02. The van der Waals surface area contributed by atoms with E-state index in [2.05, 4.69) is 15.5 Å². The van der Waals surface area contributed by atoms with E-state index in [-0.39, 0.29) is 11.7 Å². The van der Waals surface area contributed by atoms with Crippen LogP contribution >= 0.6 is 58.1 Å². The molecule has 0 radical (unpaired) electrons. The molecule has 1 amide bonds. The zero-order valence-corrected chi connectivity index (χ0v) is 18.6. The van der Waals surface area contributed by atoms with Crippen LogP contribution in [0.3, 0.4) is 0 Å². The number of anilines is 1. The van der Waals surface area contributed by atoms with Crippen LogP contribution in [0.4, 0.5) is 5.69 Å². The topological polar surface area (TPSA) is 64.1 Å². The summed E-state index contributed by atoms with van der Waals surface area (Å²) < 4.78 is 6.67. The summed E-state index contributed by atoms with van der Waals surface area (Å²) in [6.07, 6.45) is 0. The minimum absolute atomic E-state index is 0.120. The standard InChI is InChI=1S/C18H15Cl2N3O2S3/c1-25-12-5-2-4-11(8-12)21-16(24)10-27-18-23-22-17(28-18)26-9-13-14(19)6-3-7-15(13)20/h2-8H,9-10H2,1H3,(H,21,24). The number of hydrogen-bond acceptors (Lipinski definition) is 7. The molecule has 0 aliphatic rings. The van der Waals surface area contributed by atoms with E-state index in [4.69, 9.17) is 27.9 Å². The Morgan fingerprint density at radius 2 is 1.79 bits per heavy atom. The number of aromatic nitrogens is 2. The molecule has 0 spiro atoms.